The number of allylic oxidation sites excluding steroid dienone is 2. The van der Waals surface area contributed by atoms with Gasteiger partial charge in [-0.05, 0) is 113 Å². The number of carbonyl (C=O) groups excluding carboxylic acids is 2. The molecule has 0 spiro atoms. The molecule has 0 aromatic rings. The van der Waals surface area contributed by atoms with E-state index in [1.165, 1.54) is 0 Å². The molecule has 2 heterocycles. The van der Waals surface area contributed by atoms with Crippen LogP contribution in [0.1, 0.15) is 136 Å². The predicted molar refractivity (Wildman–Crippen MR) is 281 cm³/mol. The molecule has 2 rings (SSSR count). The summed E-state index contributed by atoms with van der Waals surface area (Å²) in [7, 11) is -0.657. The van der Waals surface area contributed by atoms with Gasteiger partial charge in [-0.3, -0.25) is 4.79 Å². The van der Waals surface area contributed by atoms with Crippen LogP contribution < -0.4 is 5.32 Å². The van der Waals surface area contributed by atoms with Crippen molar-refractivity contribution in [3.05, 3.63) is 36.0 Å². The van der Waals surface area contributed by atoms with Crippen molar-refractivity contribution in [1.29, 1.82) is 0 Å². The zero-order chi connectivity index (χ0) is 49.9. The smallest absolute Gasteiger partial charge is 0.410 e. The normalized spacial score (nSPS) is 27.3. The summed E-state index contributed by atoms with van der Waals surface area (Å²) < 4.78 is 47.0. The number of rotatable bonds is 28. The zero-order valence-electron chi connectivity index (χ0n) is 45.4. The first kappa shape index (κ1) is 60.5. The molecule has 2 aliphatic heterocycles. The average Bonchev–Trinajstić information content (AvgIpc) is 4.09. The second-order valence-electron chi connectivity index (χ2n) is 20.2. The van der Waals surface area contributed by atoms with Crippen molar-refractivity contribution in [1.82, 2.24) is 10.2 Å². The molecule has 0 aromatic carbocycles. The van der Waals surface area contributed by atoms with Crippen molar-refractivity contribution >= 4 is 37.0 Å². The van der Waals surface area contributed by atoms with Gasteiger partial charge in [-0.15, -0.1) is 0 Å². The Hall–Kier alpha value is -1.63. The highest BCUT2D eigenvalue weighted by molar-refractivity contribution is 6.74. The lowest BCUT2D eigenvalue weighted by Crippen LogP contribution is -2.47. The van der Waals surface area contributed by atoms with Gasteiger partial charge in [0.2, 0.25) is 0 Å². The highest BCUT2D eigenvalue weighted by atomic mass is 28.4. The number of likely N-dealkylation sites (N-methyl/N-ethyl adjacent to an activating group) is 2. The predicted octanol–water partition coefficient (Wildman–Crippen LogP) is 12.6. The molecule has 11 nitrogen and oxygen atoms in total. The van der Waals surface area contributed by atoms with E-state index in [0.29, 0.717) is 31.8 Å². The third kappa shape index (κ3) is 17.1. The van der Waals surface area contributed by atoms with E-state index in [1.807, 2.05) is 40.0 Å². The van der Waals surface area contributed by atoms with Crippen molar-refractivity contribution < 1.29 is 41.8 Å². The van der Waals surface area contributed by atoms with Crippen LogP contribution in [0.3, 0.4) is 0 Å². The van der Waals surface area contributed by atoms with Crippen LogP contribution in [-0.4, -0.2) is 124 Å². The molecular formula is C52H100N2O9Si3. The second-order valence-corrected chi connectivity index (χ2v) is 34.3. The maximum Gasteiger partial charge on any atom is 0.410 e. The van der Waals surface area contributed by atoms with Crippen LogP contribution in [0.25, 0.3) is 0 Å². The molecule has 66 heavy (non-hydrogen) atoms. The van der Waals surface area contributed by atoms with E-state index in [0.717, 1.165) is 72.8 Å². The minimum absolute atomic E-state index is 0.0843. The SMILES string of the molecule is CCC(O[Si](CC)(CC)CC)C(C)[C@H]1O[C@@H]1CC(C)(/C=C/C=C(\C)[C@H]1OC(=O)C[C@H](O[Si](CC)(CC)CC)CC[C@@](C)(OC)[C@@H](OC(=O)N(C)CCNC)/C=C/[C@@H]1C)O[Si](CC)(CC)CC. The topological polar surface area (TPSA) is 117 Å². The number of esters is 1. The molecule has 0 aromatic heterocycles. The van der Waals surface area contributed by atoms with Crippen LogP contribution >= 0.6 is 0 Å². The van der Waals surface area contributed by atoms with Crippen molar-refractivity contribution in [3.63, 3.8) is 0 Å². The van der Waals surface area contributed by atoms with Crippen LogP contribution in [0.5, 0.6) is 0 Å². The summed E-state index contributed by atoms with van der Waals surface area (Å²) in [6.45, 7) is 34.3. The minimum Gasteiger partial charge on any atom is -0.457 e. The minimum atomic E-state index is -2.11. The lowest BCUT2D eigenvalue weighted by molar-refractivity contribution is -0.151. The summed E-state index contributed by atoms with van der Waals surface area (Å²) in [6.07, 6.45) is 11.6. The van der Waals surface area contributed by atoms with E-state index < -0.39 is 54.5 Å². The number of cyclic esters (lactones) is 1. The van der Waals surface area contributed by atoms with Crippen molar-refractivity contribution in [2.75, 3.05) is 34.3 Å². The average molecular weight is 982 g/mol. The van der Waals surface area contributed by atoms with E-state index in [4.69, 9.17) is 32.2 Å². The molecule has 3 unspecified atom stereocenters. The standard InChI is InChI=1S/C52H100N2O9Si3/c1-19-44(62-65(23-5,24-6)25-7)42(13)49-45(58-49)39-51(14,63-66(26-8,27-9)28-10)34-29-30-40(11)48-41(12)31-32-46(59-50(56)54(17)37-36-53-16)52(15,57-18)35-33-43(38-47(55)60-48)61-64(20-2,21-3)22-4/h29-32,34,41-46,48-49,53H,19-28,33,35-39H2,1-18H3/b32-31+,34-29+,40-30+/t41-,42?,43+,44?,45+,46-,48+,49+,51?,52+/m0/s1. The van der Waals surface area contributed by atoms with Gasteiger partial charge in [0.1, 0.15) is 11.7 Å². The molecule has 10 atom stereocenters. The Kier molecular flexibility index (Phi) is 25.9. The fourth-order valence-corrected chi connectivity index (χ4v) is 19.1. The van der Waals surface area contributed by atoms with E-state index >= 15 is 0 Å². The van der Waals surface area contributed by atoms with Crippen LogP contribution in [0.15, 0.2) is 36.0 Å². The largest absolute Gasteiger partial charge is 0.457 e. The summed E-state index contributed by atoms with van der Waals surface area (Å²) >= 11 is 0. The molecule has 0 bridgehead atoms. The van der Waals surface area contributed by atoms with Crippen molar-refractivity contribution in [3.8, 4) is 0 Å². The monoisotopic (exact) mass is 981 g/mol. The summed E-state index contributed by atoms with van der Waals surface area (Å²) in [6, 6.07) is 9.44. The Balaban J connectivity index is 2.62. The van der Waals surface area contributed by atoms with Gasteiger partial charge < -0.3 is 42.4 Å². The number of hydrogen-bond donors (Lipinski definition) is 1. The first-order valence-corrected chi connectivity index (χ1v) is 33.8. The number of hydrogen-bond acceptors (Lipinski definition) is 10. The maximum absolute atomic E-state index is 14.1. The molecule has 384 valence electrons. The number of ether oxygens (including phenoxy) is 4. The number of epoxide rings is 1. The Morgan fingerprint density at radius 2 is 1.53 bits per heavy atom. The second kappa shape index (κ2) is 28.3. The van der Waals surface area contributed by atoms with Gasteiger partial charge in [0, 0.05) is 51.6 Å². The van der Waals surface area contributed by atoms with Crippen molar-refractivity contribution in [2.45, 2.75) is 238 Å². The van der Waals surface area contributed by atoms with Gasteiger partial charge in [-0.25, -0.2) is 4.79 Å². The summed E-state index contributed by atoms with van der Waals surface area (Å²) in [5, 5.41) is 3.10. The Morgan fingerprint density at radius 1 is 0.955 bits per heavy atom. The molecule has 1 amide bonds. The zero-order valence-corrected chi connectivity index (χ0v) is 48.4. The molecule has 1 N–H and O–H groups in total. The fraction of sp³-hybridized carbons (Fsp3) is 0.846. The number of carbonyl (C=O) groups is 2. The van der Waals surface area contributed by atoms with Crippen LogP contribution in [-0.2, 0) is 37.0 Å². The molecule has 0 saturated carbocycles. The van der Waals surface area contributed by atoms with Crippen LogP contribution in [0.2, 0.25) is 54.4 Å². The fourth-order valence-electron chi connectivity index (χ4n) is 10.0. The quantitative estimate of drug-likeness (QED) is 0.0267. The molecule has 1 saturated heterocycles. The van der Waals surface area contributed by atoms with Gasteiger partial charge >= 0.3 is 12.1 Å². The highest BCUT2D eigenvalue weighted by Gasteiger charge is 2.51. The highest BCUT2D eigenvalue weighted by Crippen LogP contribution is 2.43. The van der Waals surface area contributed by atoms with Crippen LogP contribution in [0.4, 0.5) is 4.79 Å². The lowest BCUT2D eigenvalue weighted by atomic mass is 9.88. The van der Waals surface area contributed by atoms with Gasteiger partial charge in [0.05, 0.1) is 30.3 Å². The number of nitrogens with one attached hydrogen (secondary N) is 1. The lowest BCUT2D eigenvalue weighted by Gasteiger charge is -2.39. The van der Waals surface area contributed by atoms with Crippen LogP contribution in [0, 0.1) is 11.8 Å². The summed E-state index contributed by atoms with van der Waals surface area (Å²) in [5.41, 5.74) is -0.534. The van der Waals surface area contributed by atoms with E-state index in [1.54, 1.807) is 19.1 Å². The molecule has 1 fully saturated rings. The maximum atomic E-state index is 14.1. The van der Waals surface area contributed by atoms with Gasteiger partial charge in [-0.1, -0.05) is 107 Å². The third-order valence-electron chi connectivity index (χ3n) is 16.0. The molecule has 14 heteroatoms. The molecule has 2 aliphatic rings. The van der Waals surface area contributed by atoms with Gasteiger partial charge in [-0.2, -0.15) is 0 Å². The molecular weight excluding hydrogens is 881 g/mol. The molecule has 0 aliphatic carbocycles. The Labute approximate surface area is 407 Å². The van der Waals surface area contributed by atoms with E-state index in [-0.39, 0.29) is 42.7 Å². The first-order chi connectivity index (χ1) is 31.2. The van der Waals surface area contributed by atoms with Crippen molar-refractivity contribution in [2.24, 2.45) is 11.8 Å². The van der Waals surface area contributed by atoms with E-state index in [9.17, 15) is 9.59 Å². The Morgan fingerprint density at radius 3 is 2.05 bits per heavy atom. The Bertz CT molecular complexity index is 1510. The summed E-state index contributed by atoms with van der Waals surface area (Å²) in [5.74, 6) is -0.246. The van der Waals surface area contributed by atoms with E-state index in [2.05, 4.69) is 107 Å². The third-order valence-corrected chi connectivity index (χ3v) is 30.2. The summed E-state index contributed by atoms with van der Waals surface area (Å²) in [4.78, 5) is 29.2. The molecule has 0 radical (unpaired) electrons. The first-order valence-electron chi connectivity index (χ1n) is 26.3. The number of amides is 1. The number of methoxy groups -OCH3 is 1. The number of nitrogens with zero attached hydrogens (tertiary/aromatic N) is 1. The van der Waals surface area contributed by atoms with Gasteiger partial charge in [0.15, 0.2) is 31.1 Å². The van der Waals surface area contributed by atoms with Gasteiger partial charge in [0.25, 0.3) is 0 Å².